The maximum atomic E-state index is 13.2. The van der Waals surface area contributed by atoms with Gasteiger partial charge in [-0.3, -0.25) is 9.59 Å². The molecule has 142 valence electrons. The number of aliphatic hydroxyl groups is 1. The van der Waals surface area contributed by atoms with Crippen molar-refractivity contribution < 1.29 is 14.7 Å². The molecule has 7 heteroatoms. The van der Waals surface area contributed by atoms with Crippen LogP contribution in [0.2, 0.25) is 5.02 Å². The van der Waals surface area contributed by atoms with Crippen LogP contribution >= 0.6 is 38.9 Å². The van der Waals surface area contributed by atoms with Gasteiger partial charge in [0.25, 0.3) is 5.91 Å². The Balaban J connectivity index is 1.68. The molecule has 3 aromatic rings. The molecule has 2 aromatic carbocycles. The molecule has 0 saturated carbocycles. The number of carbonyl (C=O) groups excluding carboxylic acids is 2. The third kappa shape index (κ3) is 3.42. The number of amides is 1. The van der Waals surface area contributed by atoms with Crippen LogP contribution in [0.15, 0.2) is 64.5 Å². The van der Waals surface area contributed by atoms with Crippen LogP contribution in [0.3, 0.4) is 0 Å². The monoisotopic (exact) mass is 475 g/mol. The number of anilines is 1. The smallest absolute Gasteiger partial charge is 0.264 e. The lowest BCUT2D eigenvalue weighted by Crippen LogP contribution is -2.41. The summed E-state index contributed by atoms with van der Waals surface area (Å²) in [6.45, 7) is 0.261. The van der Waals surface area contributed by atoms with Gasteiger partial charge in [0, 0.05) is 10.6 Å². The van der Waals surface area contributed by atoms with Crippen molar-refractivity contribution in [1.82, 2.24) is 0 Å². The molecule has 0 radical (unpaired) electrons. The number of Topliss-reactive ketones (excluding diaryl/α,β-unsaturated/α-hetero) is 1. The Hall–Kier alpha value is -1.99. The zero-order valence-corrected chi connectivity index (χ0v) is 17.7. The molecule has 0 unspecified atom stereocenters. The highest BCUT2D eigenvalue weighted by molar-refractivity contribution is 9.11. The predicted octanol–water partition coefficient (Wildman–Crippen LogP) is 5.17. The Labute approximate surface area is 179 Å². The first-order valence-corrected chi connectivity index (χ1v) is 10.5. The average Bonchev–Trinajstić information content (AvgIpc) is 3.19. The molecule has 0 bridgehead atoms. The third-order valence-corrected chi connectivity index (χ3v) is 6.63. The second-order valence-corrected chi connectivity index (χ2v) is 9.50. The van der Waals surface area contributed by atoms with E-state index in [0.717, 1.165) is 9.35 Å². The van der Waals surface area contributed by atoms with Gasteiger partial charge in [-0.25, -0.2) is 0 Å². The lowest BCUT2D eigenvalue weighted by atomic mass is 9.89. The fourth-order valence-electron chi connectivity index (χ4n) is 3.44. The number of carbonyl (C=O) groups is 2. The summed E-state index contributed by atoms with van der Waals surface area (Å²) in [6, 6.07) is 17.7. The van der Waals surface area contributed by atoms with Crippen molar-refractivity contribution in [3.05, 3.63) is 85.5 Å². The van der Waals surface area contributed by atoms with Crippen molar-refractivity contribution in [2.24, 2.45) is 0 Å². The standard InChI is InChI=1S/C21H15BrClNO3S/c22-19-9-8-18(28-19)17(25)11-21(27)15-6-1-2-7-16(15)24(20(21)26)12-13-4-3-5-14(23)10-13/h1-10,27H,11-12H2/t21-/m0/s1. The molecule has 1 atom stereocenters. The number of thiophene rings is 1. The van der Waals surface area contributed by atoms with E-state index in [4.69, 9.17) is 11.6 Å². The van der Waals surface area contributed by atoms with Crippen LogP contribution < -0.4 is 4.90 Å². The summed E-state index contributed by atoms with van der Waals surface area (Å²) in [6.07, 6.45) is -0.304. The lowest BCUT2D eigenvalue weighted by Gasteiger charge is -2.22. The summed E-state index contributed by atoms with van der Waals surface area (Å²) in [7, 11) is 0. The zero-order valence-electron chi connectivity index (χ0n) is 14.6. The first-order chi connectivity index (χ1) is 13.4. The van der Waals surface area contributed by atoms with Gasteiger partial charge < -0.3 is 10.0 Å². The molecule has 1 amide bonds. The van der Waals surface area contributed by atoms with Gasteiger partial charge >= 0.3 is 0 Å². The summed E-state index contributed by atoms with van der Waals surface area (Å²) in [4.78, 5) is 28.0. The molecule has 0 aliphatic carbocycles. The molecular weight excluding hydrogens is 462 g/mol. The third-order valence-electron chi connectivity index (χ3n) is 4.73. The zero-order chi connectivity index (χ0) is 19.9. The first kappa shape index (κ1) is 19.3. The summed E-state index contributed by atoms with van der Waals surface area (Å²) in [5, 5.41) is 11.9. The average molecular weight is 477 g/mol. The summed E-state index contributed by atoms with van der Waals surface area (Å²) < 4.78 is 0.823. The molecule has 4 rings (SSSR count). The van der Waals surface area contributed by atoms with E-state index in [1.807, 2.05) is 12.1 Å². The van der Waals surface area contributed by atoms with Crippen molar-refractivity contribution >= 4 is 56.2 Å². The second-order valence-electron chi connectivity index (χ2n) is 6.60. The molecule has 2 heterocycles. The van der Waals surface area contributed by atoms with Gasteiger partial charge in [0.15, 0.2) is 11.4 Å². The van der Waals surface area contributed by atoms with Crippen LogP contribution in [0, 0.1) is 0 Å². The van der Waals surface area contributed by atoms with E-state index in [2.05, 4.69) is 15.9 Å². The Morgan fingerprint density at radius 3 is 2.64 bits per heavy atom. The number of hydrogen-bond donors (Lipinski definition) is 1. The largest absolute Gasteiger partial charge is 0.375 e. The normalized spacial score (nSPS) is 18.4. The fraction of sp³-hybridized carbons (Fsp3) is 0.143. The highest BCUT2D eigenvalue weighted by Gasteiger charge is 2.50. The molecule has 28 heavy (non-hydrogen) atoms. The highest BCUT2D eigenvalue weighted by Crippen LogP contribution is 2.44. The van der Waals surface area contributed by atoms with Crippen molar-refractivity contribution in [3.8, 4) is 0 Å². The Morgan fingerprint density at radius 2 is 1.93 bits per heavy atom. The molecule has 0 saturated heterocycles. The predicted molar refractivity (Wildman–Crippen MR) is 114 cm³/mol. The van der Waals surface area contributed by atoms with Crippen LogP contribution in [-0.4, -0.2) is 16.8 Å². The minimum atomic E-state index is -1.89. The molecule has 0 fully saturated rings. The van der Waals surface area contributed by atoms with Gasteiger partial charge in [0.05, 0.1) is 27.3 Å². The minimum Gasteiger partial charge on any atom is -0.375 e. The molecule has 1 aromatic heterocycles. The van der Waals surface area contributed by atoms with E-state index in [1.165, 1.54) is 16.2 Å². The van der Waals surface area contributed by atoms with Crippen molar-refractivity contribution in [3.63, 3.8) is 0 Å². The Kier molecular flexibility index (Phi) is 5.14. The van der Waals surface area contributed by atoms with Gasteiger partial charge in [-0.1, -0.05) is 41.9 Å². The van der Waals surface area contributed by atoms with E-state index in [9.17, 15) is 14.7 Å². The van der Waals surface area contributed by atoms with E-state index in [1.54, 1.807) is 48.5 Å². The molecule has 1 aliphatic heterocycles. The van der Waals surface area contributed by atoms with E-state index < -0.39 is 11.5 Å². The molecule has 1 aliphatic rings. The summed E-state index contributed by atoms with van der Waals surface area (Å²) >= 11 is 10.7. The van der Waals surface area contributed by atoms with Crippen molar-refractivity contribution in [2.45, 2.75) is 18.6 Å². The van der Waals surface area contributed by atoms with Crippen molar-refractivity contribution in [1.29, 1.82) is 0 Å². The number of ketones is 1. The second kappa shape index (κ2) is 7.44. The minimum absolute atomic E-state index is 0.261. The number of hydrogen-bond acceptors (Lipinski definition) is 4. The van der Waals surface area contributed by atoms with Crippen LogP contribution in [0.25, 0.3) is 0 Å². The summed E-state index contributed by atoms with van der Waals surface area (Å²) in [5.74, 6) is -0.774. The molecular formula is C21H15BrClNO3S. The van der Waals surface area contributed by atoms with E-state index in [-0.39, 0.29) is 18.7 Å². The van der Waals surface area contributed by atoms with Crippen LogP contribution in [0.5, 0.6) is 0 Å². The Morgan fingerprint density at radius 1 is 1.14 bits per heavy atom. The van der Waals surface area contributed by atoms with Gasteiger partial charge in [-0.05, 0) is 51.8 Å². The number of rotatable bonds is 5. The molecule has 1 N–H and O–H groups in total. The fourth-order valence-corrected chi connectivity index (χ4v) is 4.97. The van der Waals surface area contributed by atoms with E-state index >= 15 is 0 Å². The maximum absolute atomic E-state index is 13.2. The summed E-state index contributed by atoms with van der Waals surface area (Å²) in [5.41, 5.74) is 0.0115. The first-order valence-electron chi connectivity index (χ1n) is 8.55. The topological polar surface area (TPSA) is 57.6 Å². The van der Waals surface area contributed by atoms with Gasteiger partial charge in [0.2, 0.25) is 0 Å². The number of benzene rings is 2. The SMILES string of the molecule is O=C(C[C@@]1(O)C(=O)N(Cc2cccc(Cl)c2)c2ccccc21)c1ccc(Br)s1. The van der Waals surface area contributed by atoms with Gasteiger partial charge in [0.1, 0.15) is 0 Å². The number of para-hydroxylation sites is 1. The highest BCUT2D eigenvalue weighted by atomic mass is 79.9. The number of fused-ring (bicyclic) bond motifs is 1. The maximum Gasteiger partial charge on any atom is 0.264 e. The Bertz CT molecular complexity index is 1080. The molecule has 4 nitrogen and oxygen atoms in total. The quantitative estimate of drug-likeness (QED) is 0.517. The van der Waals surface area contributed by atoms with Crippen LogP contribution in [-0.2, 0) is 16.9 Å². The number of halogens is 2. The van der Waals surface area contributed by atoms with Crippen LogP contribution in [0.1, 0.15) is 27.2 Å². The number of nitrogens with zero attached hydrogens (tertiary/aromatic N) is 1. The molecule has 0 spiro atoms. The van der Waals surface area contributed by atoms with Gasteiger partial charge in [-0.15, -0.1) is 11.3 Å². The van der Waals surface area contributed by atoms with E-state index in [0.29, 0.717) is 21.2 Å². The van der Waals surface area contributed by atoms with Gasteiger partial charge in [-0.2, -0.15) is 0 Å². The lowest BCUT2D eigenvalue weighted by molar-refractivity contribution is -0.136. The van der Waals surface area contributed by atoms with Crippen molar-refractivity contribution in [2.75, 3.05) is 4.90 Å². The van der Waals surface area contributed by atoms with Crippen LogP contribution in [0.4, 0.5) is 5.69 Å².